The highest BCUT2D eigenvalue weighted by atomic mass is 16.2. The number of carbonyl (C=O) groups excluding carboxylic acids is 2. The third-order valence-electron chi connectivity index (χ3n) is 4.56. The maximum atomic E-state index is 12.2. The number of fused-ring (bicyclic) bond motifs is 1. The number of carbonyl (C=O) groups is 2. The summed E-state index contributed by atoms with van der Waals surface area (Å²) in [5.41, 5.74) is 4.56. The number of aryl methyl sites for hydroxylation is 3. The summed E-state index contributed by atoms with van der Waals surface area (Å²) in [5.74, 6) is -0.988. The van der Waals surface area contributed by atoms with Gasteiger partial charge in [-0.15, -0.1) is 0 Å². The topological polar surface area (TPSA) is 71.1 Å². The predicted octanol–water partition coefficient (Wildman–Crippen LogP) is 3.08. The lowest BCUT2D eigenvalue weighted by atomic mass is 9.89. The molecule has 1 heterocycles. The maximum Gasteiger partial charge on any atom is 0.314 e. The number of anilines is 1. The summed E-state index contributed by atoms with van der Waals surface area (Å²) in [4.78, 5) is 28.4. The fourth-order valence-electron chi connectivity index (χ4n) is 3.15. The van der Waals surface area contributed by atoms with E-state index in [4.69, 9.17) is 0 Å². The molecule has 0 fully saturated rings. The average Bonchev–Trinajstić information content (AvgIpc) is 2.61. The van der Waals surface area contributed by atoms with Gasteiger partial charge in [-0.3, -0.25) is 9.59 Å². The summed E-state index contributed by atoms with van der Waals surface area (Å²) in [7, 11) is 0. The molecular formula is C20H23N3O2. The number of nitrogens with one attached hydrogen (secondary N) is 2. The van der Waals surface area contributed by atoms with Gasteiger partial charge >= 0.3 is 11.8 Å². The van der Waals surface area contributed by atoms with Crippen LogP contribution in [0.2, 0.25) is 0 Å². The number of amides is 2. The Morgan fingerprint density at radius 3 is 2.56 bits per heavy atom. The first-order chi connectivity index (χ1) is 12.0. The maximum absolute atomic E-state index is 12.2. The Morgan fingerprint density at radius 1 is 1.04 bits per heavy atom. The highest BCUT2D eigenvalue weighted by molar-refractivity contribution is 6.39. The molecule has 25 heavy (non-hydrogen) atoms. The Labute approximate surface area is 147 Å². The Kier molecular flexibility index (Phi) is 5.12. The fourth-order valence-corrected chi connectivity index (χ4v) is 3.15. The highest BCUT2D eigenvalue weighted by Crippen LogP contribution is 2.24. The molecule has 0 spiro atoms. The Bertz CT molecular complexity index is 801. The van der Waals surface area contributed by atoms with E-state index in [2.05, 4.69) is 27.8 Å². The molecule has 5 nitrogen and oxygen atoms in total. The van der Waals surface area contributed by atoms with Gasteiger partial charge in [0.2, 0.25) is 0 Å². The molecule has 0 saturated heterocycles. The lowest BCUT2D eigenvalue weighted by Crippen LogP contribution is -2.37. The van der Waals surface area contributed by atoms with Crippen LogP contribution in [-0.2, 0) is 22.4 Å². The quantitative estimate of drug-likeness (QED) is 0.846. The fraction of sp³-hybridized carbons (Fsp3) is 0.350. The molecule has 1 aromatic carbocycles. The van der Waals surface area contributed by atoms with Crippen LogP contribution in [0.25, 0.3) is 0 Å². The first-order valence-corrected chi connectivity index (χ1v) is 8.70. The van der Waals surface area contributed by atoms with Gasteiger partial charge in [-0.2, -0.15) is 0 Å². The molecule has 0 aliphatic heterocycles. The van der Waals surface area contributed by atoms with E-state index >= 15 is 0 Å². The van der Waals surface area contributed by atoms with Crippen LogP contribution in [0, 0.1) is 6.92 Å². The number of nitrogens with zero attached hydrogens (tertiary/aromatic N) is 1. The third-order valence-corrected chi connectivity index (χ3v) is 4.56. The molecule has 0 saturated carbocycles. The smallest absolute Gasteiger partial charge is 0.314 e. The number of aromatic nitrogens is 1. The van der Waals surface area contributed by atoms with Gasteiger partial charge < -0.3 is 10.6 Å². The van der Waals surface area contributed by atoms with Crippen LogP contribution in [0.1, 0.15) is 48.2 Å². The zero-order chi connectivity index (χ0) is 17.8. The zero-order valence-electron chi connectivity index (χ0n) is 14.6. The number of benzene rings is 1. The second-order valence-corrected chi connectivity index (χ2v) is 6.55. The van der Waals surface area contributed by atoms with Crippen molar-refractivity contribution in [1.29, 1.82) is 0 Å². The molecule has 5 heteroatoms. The lowest BCUT2D eigenvalue weighted by molar-refractivity contribution is -0.136. The molecule has 2 N–H and O–H groups in total. The average molecular weight is 337 g/mol. The van der Waals surface area contributed by atoms with E-state index in [9.17, 15) is 9.59 Å². The predicted molar refractivity (Wildman–Crippen MR) is 97.2 cm³/mol. The standard InChI is InChI=1S/C20H23N3O2/c1-13-6-5-9-18(21-13)23-20(25)19(24)22-14(2)16-11-10-15-7-3-4-8-17(15)12-16/h5-6,9-12,14H,3-4,7-8H2,1-2H3,(H,22,24)(H,21,23,25). The second-order valence-electron chi connectivity index (χ2n) is 6.55. The van der Waals surface area contributed by atoms with Crippen molar-refractivity contribution in [2.24, 2.45) is 0 Å². The van der Waals surface area contributed by atoms with Crippen molar-refractivity contribution < 1.29 is 9.59 Å². The number of hydrogen-bond donors (Lipinski definition) is 2. The summed E-state index contributed by atoms with van der Waals surface area (Å²) in [5, 5.41) is 5.29. The van der Waals surface area contributed by atoms with Crippen molar-refractivity contribution in [1.82, 2.24) is 10.3 Å². The van der Waals surface area contributed by atoms with E-state index in [1.54, 1.807) is 12.1 Å². The third kappa shape index (κ3) is 4.24. The van der Waals surface area contributed by atoms with Crippen LogP contribution in [0.15, 0.2) is 36.4 Å². The molecule has 1 atom stereocenters. The molecule has 2 amide bonds. The first kappa shape index (κ1) is 17.1. The summed E-state index contributed by atoms with van der Waals surface area (Å²) >= 11 is 0. The monoisotopic (exact) mass is 337 g/mol. The summed E-state index contributed by atoms with van der Waals surface area (Å²) in [6.07, 6.45) is 4.67. The molecule has 1 aromatic heterocycles. The molecule has 130 valence electrons. The van der Waals surface area contributed by atoms with Gasteiger partial charge in [-0.1, -0.05) is 24.3 Å². The van der Waals surface area contributed by atoms with Gasteiger partial charge in [-0.05, 0) is 68.4 Å². The van der Waals surface area contributed by atoms with Gasteiger partial charge in [-0.25, -0.2) is 4.98 Å². The molecule has 1 aliphatic rings. The number of pyridine rings is 1. The number of rotatable bonds is 3. The van der Waals surface area contributed by atoms with Crippen molar-refractivity contribution in [3.63, 3.8) is 0 Å². The second kappa shape index (κ2) is 7.47. The molecule has 1 unspecified atom stereocenters. The van der Waals surface area contributed by atoms with Gasteiger partial charge in [0.1, 0.15) is 5.82 Å². The van der Waals surface area contributed by atoms with Gasteiger partial charge in [0.15, 0.2) is 0 Å². The Hall–Kier alpha value is -2.69. The van der Waals surface area contributed by atoms with Gasteiger partial charge in [0.05, 0.1) is 6.04 Å². The molecular weight excluding hydrogens is 314 g/mol. The molecule has 0 radical (unpaired) electrons. The minimum atomic E-state index is -0.706. The van der Waals surface area contributed by atoms with E-state index in [0.717, 1.165) is 24.1 Å². The first-order valence-electron chi connectivity index (χ1n) is 8.70. The lowest BCUT2D eigenvalue weighted by Gasteiger charge is -2.20. The van der Waals surface area contributed by atoms with Crippen molar-refractivity contribution >= 4 is 17.6 Å². The van der Waals surface area contributed by atoms with E-state index < -0.39 is 11.8 Å². The summed E-state index contributed by atoms with van der Waals surface area (Å²) in [6.45, 7) is 3.72. The van der Waals surface area contributed by atoms with Crippen molar-refractivity contribution in [3.8, 4) is 0 Å². The Balaban J connectivity index is 1.62. The molecule has 1 aliphatic carbocycles. The van der Waals surface area contributed by atoms with E-state index in [1.807, 2.05) is 26.0 Å². The Morgan fingerprint density at radius 2 is 1.80 bits per heavy atom. The van der Waals surface area contributed by atoms with Gasteiger partial charge in [0.25, 0.3) is 0 Å². The van der Waals surface area contributed by atoms with Crippen molar-refractivity contribution in [2.75, 3.05) is 5.32 Å². The SMILES string of the molecule is Cc1cccc(NC(=O)C(=O)NC(C)c2ccc3c(c2)CCCC3)n1. The molecule has 0 bridgehead atoms. The summed E-state index contributed by atoms with van der Waals surface area (Å²) < 4.78 is 0. The van der Waals surface area contributed by atoms with Gasteiger partial charge in [0, 0.05) is 5.69 Å². The minimum Gasteiger partial charge on any atom is -0.341 e. The van der Waals surface area contributed by atoms with E-state index in [0.29, 0.717) is 5.82 Å². The van der Waals surface area contributed by atoms with Crippen LogP contribution < -0.4 is 10.6 Å². The molecule has 2 aromatic rings. The highest BCUT2D eigenvalue weighted by Gasteiger charge is 2.19. The molecule has 3 rings (SSSR count). The van der Waals surface area contributed by atoms with Crippen LogP contribution >= 0.6 is 0 Å². The van der Waals surface area contributed by atoms with Crippen molar-refractivity contribution in [2.45, 2.75) is 45.6 Å². The van der Waals surface area contributed by atoms with E-state index in [1.165, 1.54) is 24.0 Å². The minimum absolute atomic E-state index is 0.226. The van der Waals surface area contributed by atoms with Crippen molar-refractivity contribution in [3.05, 3.63) is 58.8 Å². The van der Waals surface area contributed by atoms with Crippen LogP contribution in [-0.4, -0.2) is 16.8 Å². The van der Waals surface area contributed by atoms with Crippen LogP contribution in [0.3, 0.4) is 0 Å². The number of hydrogen-bond acceptors (Lipinski definition) is 3. The van der Waals surface area contributed by atoms with E-state index in [-0.39, 0.29) is 6.04 Å². The largest absolute Gasteiger partial charge is 0.341 e. The van der Waals surface area contributed by atoms with Crippen LogP contribution in [0.5, 0.6) is 0 Å². The summed E-state index contributed by atoms with van der Waals surface area (Å²) in [6, 6.07) is 11.4. The zero-order valence-corrected chi connectivity index (χ0v) is 14.6. The normalized spacial score (nSPS) is 14.3. The van der Waals surface area contributed by atoms with Crippen LogP contribution in [0.4, 0.5) is 5.82 Å².